The van der Waals surface area contributed by atoms with Gasteiger partial charge in [-0.25, -0.2) is 0 Å². The molecule has 2 amide bonds. The molecule has 2 N–H and O–H groups in total. The first-order valence-electron chi connectivity index (χ1n) is 14.2. The number of benzene rings is 2. The molecule has 2 aliphatic rings. The molecule has 0 atom stereocenters. The van der Waals surface area contributed by atoms with Crippen molar-refractivity contribution in [3.05, 3.63) is 59.7 Å². The minimum absolute atomic E-state index is 0.133. The van der Waals surface area contributed by atoms with Gasteiger partial charge in [0.2, 0.25) is 11.8 Å². The average molecular weight is 544 g/mol. The van der Waals surface area contributed by atoms with Gasteiger partial charge in [-0.2, -0.15) is 13.2 Å². The number of amides is 2. The summed E-state index contributed by atoms with van der Waals surface area (Å²) in [6.45, 7) is 5.55. The maximum atomic E-state index is 13.6. The van der Waals surface area contributed by atoms with E-state index in [1.807, 2.05) is 48.5 Å². The number of fused-ring (bicyclic) bond motifs is 3. The fraction of sp³-hybridized carbons (Fsp3) is 0.548. The predicted octanol–water partition coefficient (Wildman–Crippen LogP) is 5.82. The molecule has 1 fully saturated rings. The molecule has 1 saturated heterocycles. The highest BCUT2D eigenvalue weighted by molar-refractivity contribution is 6.00. The van der Waals surface area contributed by atoms with Gasteiger partial charge in [0.1, 0.15) is 12.0 Å². The van der Waals surface area contributed by atoms with Gasteiger partial charge in [0.25, 0.3) is 0 Å². The van der Waals surface area contributed by atoms with Crippen LogP contribution in [-0.4, -0.2) is 55.1 Å². The number of likely N-dealkylation sites (tertiary alicyclic amines) is 1. The summed E-state index contributed by atoms with van der Waals surface area (Å²) in [6, 6.07) is 15.4. The first kappa shape index (κ1) is 29.1. The number of nitrogens with zero attached hydrogens (tertiary/aromatic N) is 1. The van der Waals surface area contributed by atoms with Crippen molar-refractivity contribution >= 4 is 11.8 Å². The highest BCUT2D eigenvalue weighted by Crippen LogP contribution is 2.51. The molecule has 0 unspecified atom stereocenters. The van der Waals surface area contributed by atoms with Gasteiger partial charge < -0.3 is 15.5 Å². The lowest BCUT2D eigenvalue weighted by Crippen LogP contribution is -2.47. The molecule has 212 valence electrons. The topological polar surface area (TPSA) is 61.4 Å². The molecule has 0 spiro atoms. The summed E-state index contributed by atoms with van der Waals surface area (Å²) in [7, 11) is 0. The van der Waals surface area contributed by atoms with Crippen molar-refractivity contribution in [3.63, 3.8) is 0 Å². The number of unbranched alkanes of at least 4 members (excludes halogenated alkanes) is 1. The van der Waals surface area contributed by atoms with Crippen LogP contribution in [0.2, 0.25) is 0 Å². The third kappa shape index (κ3) is 7.02. The third-order valence-electron chi connectivity index (χ3n) is 8.08. The minimum atomic E-state index is -4.48. The van der Waals surface area contributed by atoms with Crippen molar-refractivity contribution in [3.8, 4) is 11.1 Å². The number of carbonyl (C=O) groups excluding carboxylic acids is 2. The van der Waals surface area contributed by atoms with Gasteiger partial charge >= 0.3 is 6.18 Å². The Balaban J connectivity index is 1.38. The number of halogens is 3. The summed E-state index contributed by atoms with van der Waals surface area (Å²) in [5.74, 6) is 0.0539. The number of hydrogen-bond acceptors (Lipinski definition) is 3. The molecule has 0 radical (unpaired) electrons. The van der Waals surface area contributed by atoms with Crippen LogP contribution in [0.5, 0.6) is 0 Å². The number of rotatable bonds is 11. The molecule has 1 aliphatic heterocycles. The fourth-order valence-corrected chi connectivity index (χ4v) is 6.03. The second kappa shape index (κ2) is 12.5. The van der Waals surface area contributed by atoms with Crippen LogP contribution < -0.4 is 10.6 Å². The predicted molar refractivity (Wildman–Crippen MR) is 147 cm³/mol. The van der Waals surface area contributed by atoms with Crippen LogP contribution in [0.4, 0.5) is 13.2 Å². The Morgan fingerprint density at radius 3 is 2.13 bits per heavy atom. The van der Waals surface area contributed by atoms with Gasteiger partial charge in [-0.3, -0.25) is 9.59 Å². The Labute approximate surface area is 229 Å². The molecule has 1 aliphatic carbocycles. The summed E-state index contributed by atoms with van der Waals surface area (Å²) < 4.78 is 39.2. The van der Waals surface area contributed by atoms with E-state index in [9.17, 15) is 22.8 Å². The molecule has 5 nitrogen and oxygen atoms in total. The van der Waals surface area contributed by atoms with Crippen LogP contribution in [0, 0.1) is 5.92 Å². The molecule has 2 aromatic rings. The highest BCUT2D eigenvalue weighted by atomic mass is 19.4. The Kier molecular flexibility index (Phi) is 9.36. The van der Waals surface area contributed by atoms with E-state index in [1.165, 1.54) is 0 Å². The zero-order valence-corrected chi connectivity index (χ0v) is 22.9. The molecular formula is C31H40F3N3O2. The summed E-state index contributed by atoms with van der Waals surface area (Å²) in [4.78, 5) is 28.1. The summed E-state index contributed by atoms with van der Waals surface area (Å²) >= 11 is 0. The zero-order chi connectivity index (χ0) is 28.0. The number of alkyl halides is 3. The van der Waals surface area contributed by atoms with E-state index in [2.05, 4.69) is 29.4 Å². The molecular weight excluding hydrogens is 503 g/mol. The van der Waals surface area contributed by atoms with Crippen LogP contribution in [0.15, 0.2) is 48.5 Å². The maximum absolute atomic E-state index is 13.6. The number of hydrogen-bond donors (Lipinski definition) is 2. The normalized spacial score (nSPS) is 17.1. The molecule has 0 bridgehead atoms. The van der Waals surface area contributed by atoms with Gasteiger partial charge in [0, 0.05) is 25.6 Å². The second-order valence-corrected chi connectivity index (χ2v) is 11.4. The first-order chi connectivity index (χ1) is 18.6. The quantitative estimate of drug-likeness (QED) is 0.351. The molecule has 0 saturated carbocycles. The van der Waals surface area contributed by atoms with Gasteiger partial charge in [-0.05, 0) is 66.8 Å². The Bertz CT molecular complexity index is 1090. The molecule has 8 heteroatoms. The fourth-order valence-electron chi connectivity index (χ4n) is 6.03. The lowest BCUT2D eigenvalue weighted by Gasteiger charge is -2.33. The Hall–Kier alpha value is -2.87. The summed E-state index contributed by atoms with van der Waals surface area (Å²) in [5, 5.41) is 5.37. The highest BCUT2D eigenvalue weighted by Gasteiger charge is 2.49. The SMILES string of the molecule is CC(C)CCC(=O)NC1CCN(CCCCC2(C(=O)NCC(F)(F)F)c3ccccc3-c3ccccc32)CC1. The average Bonchev–Trinajstić information content (AvgIpc) is 3.20. The lowest BCUT2D eigenvalue weighted by atomic mass is 9.73. The molecule has 2 aromatic carbocycles. The second-order valence-electron chi connectivity index (χ2n) is 11.4. The van der Waals surface area contributed by atoms with Crippen molar-refractivity contribution in [2.24, 2.45) is 5.92 Å². The van der Waals surface area contributed by atoms with Gasteiger partial charge in [-0.15, -0.1) is 0 Å². The molecule has 0 aromatic heterocycles. The molecule has 39 heavy (non-hydrogen) atoms. The van der Waals surface area contributed by atoms with Crippen molar-refractivity contribution in [2.45, 2.75) is 76.4 Å². The van der Waals surface area contributed by atoms with Crippen LogP contribution in [0.1, 0.15) is 69.9 Å². The van der Waals surface area contributed by atoms with Gasteiger partial charge in [0.05, 0.1) is 0 Å². The van der Waals surface area contributed by atoms with Gasteiger partial charge in [-0.1, -0.05) is 68.8 Å². The standard InChI is InChI=1S/C31H40F3N3O2/c1-22(2)13-14-28(38)36-23-15-19-37(20-16-23)18-8-7-17-30(29(39)35-21-31(32,33)34)26-11-5-3-9-24(26)25-10-4-6-12-27(25)30/h3-6,9-12,22-23H,7-8,13-21H2,1-2H3,(H,35,39)(H,36,38). The van der Waals surface area contributed by atoms with Crippen molar-refractivity contribution in [1.29, 1.82) is 0 Å². The van der Waals surface area contributed by atoms with E-state index in [0.29, 0.717) is 25.2 Å². The zero-order valence-electron chi connectivity index (χ0n) is 22.9. The van der Waals surface area contributed by atoms with Crippen LogP contribution >= 0.6 is 0 Å². The van der Waals surface area contributed by atoms with E-state index < -0.39 is 24.0 Å². The van der Waals surface area contributed by atoms with E-state index >= 15 is 0 Å². The van der Waals surface area contributed by atoms with Gasteiger partial charge in [0.15, 0.2) is 0 Å². The largest absolute Gasteiger partial charge is 0.405 e. The smallest absolute Gasteiger partial charge is 0.353 e. The van der Waals surface area contributed by atoms with Crippen molar-refractivity contribution in [2.75, 3.05) is 26.2 Å². The summed E-state index contributed by atoms with van der Waals surface area (Å²) in [6.07, 6.45) is 0.799. The van der Waals surface area contributed by atoms with E-state index in [0.717, 1.165) is 67.6 Å². The van der Waals surface area contributed by atoms with Crippen LogP contribution in [-0.2, 0) is 15.0 Å². The molecule has 4 rings (SSSR count). The monoisotopic (exact) mass is 543 g/mol. The van der Waals surface area contributed by atoms with E-state index in [1.54, 1.807) is 0 Å². The minimum Gasteiger partial charge on any atom is -0.353 e. The van der Waals surface area contributed by atoms with E-state index in [-0.39, 0.29) is 11.9 Å². The van der Waals surface area contributed by atoms with Crippen LogP contribution in [0.25, 0.3) is 11.1 Å². The van der Waals surface area contributed by atoms with Crippen molar-refractivity contribution < 1.29 is 22.8 Å². The third-order valence-corrected chi connectivity index (χ3v) is 8.08. The van der Waals surface area contributed by atoms with Crippen molar-refractivity contribution in [1.82, 2.24) is 15.5 Å². The Morgan fingerprint density at radius 2 is 1.56 bits per heavy atom. The Morgan fingerprint density at radius 1 is 0.974 bits per heavy atom. The molecule has 1 heterocycles. The van der Waals surface area contributed by atoms with Crippen LogP contribution in [0.3, 0.4) is 0 Å². The lowest BCUT2D eigenvalue weighted by molar-refractivity contribution is -0.141. The number of nitrogens with one attached hydrogen (secondary N) is 2. The number of carbonyl (C=O) groups is 2. The maximum Gasteiger partial charge on any atom is 0.405 e. The number of piperidine rings is 1. The first-order valence-corrected chi connectivity index (χ1v) is 14.2. The van der Waals surface area contributed by atoms with E-state index in [4.69, 9.17) is 0 Å². The summed E-state index contributed by atoms with van der Waals surface area (Å²) in [5.41, 5.74) is 2.23.